The van der Waals surface area contributed by atoms with Crippen LogP contribution in [0.15, 0.2) is 48.9 Å². The molecule has 1 saturated heterocycles. The van der Waals surface area contributed by atoms with E-state index in [1.54, 1.807) is 18.5 Å². The monoisotopic (exact) mass is 580 g/mol. The molecule has 2 aromatic heterocycles. The average molecular weight is 581 g/mol. The van der Waals surface area contributed by atoms with Gasteiger partial charge in [0.25, 0.3) is 5.91 Å². The summed E-state index contributed by atoms with van der Waals surface area (Å²) in [6.45, 7) is 2.88. The maximum Gasteiger partial charge on any atom is 0.254 e. The minimum atomic E-state index is -0.593. The molecule has 1 fully saturated rings. The van der Waals surface area contributed by atoms with Crippen LogP contribution in [-0.2, 0) is 0 Å². The van der Waals surface area contributed by atoms with Crippen LogP contribution in [-0.4, -0.2) is 49.4 Å². The number of rotatable bonds is 6. The summed E-state index contributed by atoms with van der Waals surface area (Å²) in [5.41, 5.74) is 2.29. The van der Waals surface area contributed by atoms with E-state index in [0.29, 0.717) is 23.5 Å². The molecular weight excluding hydrogens is 558 g/mol. The predicted molar refractivity (Wildman–Crippen MR) is 133 cm³/mol. The Kier molecular flexibility index (Phi) is 7.75. The highest BCUT2D eigenvalue weighted by atomic mass is 127. The molecule has 0 spiro atoms. The number of piperidine rings is 1. The van der Waals surface area contributed by atoms with Gasteiger partial charge in [0, 0.05) is 47.1 Å². The second-order valence-electron chi connectivity index (χ2n) is 8.00. The number of hydrogen-bond acceptors (Lipinski definition) is 5. The molecule has 2 atom stereocenters. The van der Waals surface area contributed by atoms with Crippen molar-refractivity contribution in [3.8, 4) is 17.3 Å². The maximum atomic E-state index is 14.1. The molecule has 0 N–H and O–H groups in total. The zero-order chi connectivity index (χ0) is 23.4. The van der Waals surface area contributed by atoms with Crippen molar-refractivity contribution in [2.24, 2.45) is 5.92 Å². The largest absolute Gasteiger partial charge is 0.475 e. The smallest absolute Gasteiger partial charge is 0.254 e. The molecule has 2 unspecified atom stereocenters. The summed E-state index contributed by atoms with van der Waals surface area (Å²) in [5.74, 6) is -0.143. The van der Waals surface area contributed by atoms with Crippen LogP contribution in [0.1, 0.15) is 28.8 Å². The van der Waals surface area contributed by atoms with Crippen LogP contribution in [0, 0.1) is 18.7 Å². The summed E-state index contributed by atoms with van der Waals surface area (Å²) in [4.78, 5) is 28.3. The van der Waals surface area contributed by atoms with Crippen molar-refractivity contribution in [1.82, 2.24) is 19.9 Å². The van der Waals surface area contributed by atoms with Crippen molar-refractivity contribution >= 4 is 40.1 Å². The Bertz CT molecular complexity index is 1130. The van der Waals surface area contributed by atoms with Gasteiger partial charge in [-0.25, -0.2) is 19.3 Å². The van der Waals surface area contributed by atoms with E-state index < -0.39 is 5.82 Å². The molecule has 6 nitrogen and oxygen atoms in total. The third-order valence-electron chi connectivity index (χ3n) is 5.76. The SMILES string of the molecule is Cc1ccc(-c2ncccn2)c(C(=O)N2CCCC(COc3ncc(Cl)cc3F)C2CI)c1. The number of benzene rings is 1. The van der Waals surface area contributed by atoms with Crippen LogP contribution in [0.5, 0.6) is 5.88 Å². The molecule has 1 aromatic carbocycles. The number of likely N-dealkylation sites (tertiary alicyclic amines) is 1. The Labute approximate surface area is 210 Å². The maximum absolute atomic E-state index is 14.1. The van der Waals surface area contributed by atoms with E-state index in [4.69, 9.17) is 16.3 Å². The van der Waals surface area contributed by atoms with Gasteiger partial charge in [-0.2, -0.15) is 0 Å². The lowest BCUT2D eigenvalue weighted by atomic mass is 9.89. The summed E-state index contributed by atoms with van der Waals surface area (Å²) >= 11 is 8.08. The van der Waals surface area contributed by atoms with E-state index >= 15 is 0 Å². The number of aromatic nitrogens is 3. The number of carbonyl (C=O) groups excluding carboxylic acids is 1. The van der Waals surface area contributed by atoms with Gasteiger partial charge in [0.2, 0.25) is 5.88 Å². The predicted octanol–water partition coefficient (Wildman–Crippen LogP) is 5.37. The Morgan fingerprint density at radius 2 is 2.06 bits per heavy atom. The molecule has 3 heterocycles. The first-order valence-corrected chi connectivity index (χ1v) is 12.6. The van der Waals surface area contributed by atoms with Gasteiger partial charge in [-0.15, -0.1) is 0 Å². The summed E-state index contributed by atoms with van der Waals surface area (Å²) in [5, 5.41) is 0.218. The Hall–Kier alpha value is -2.33. The number of nitrogens with zero attached hydrogens (tertiary/aromatic N) is 4. The van der Waals surface area contributed by atoms with Crippen LogP contribution < -0.4 is 4.74 Å². The molecule has 4 rings (SSSR count). The Balaban J connectivity index is 1.57. The quantitative estimate of drug-likeness (QED) is 0.290. The topological polar surface area (TPSA) is 68.2 Å². The molecule has 0 bridgehead atoms. The van der Waals surface area contributed by atoms with E-state index in [9.17, 15) is 9.18 Å². The minimum Gasteiger partial charge on any atom is -0.475 e. The molecular formula is C24H23ClFIN4O2. The van der Waals surface area contributed by atoms with Crippen LogP contribution in [0.25, 0.3) is 11.4 Å². The molecule has 172 valence electrons. The van der Waals surface area contributed by atoms with Gasteiger partial charge < -0.3 is 9.64 Å². The summed E-state index contributed by atoms with van der Waals surface area (Å²) in [7, 11) is 0. The van der Waals surface area contributed by atoms with E-state index in [2.05, 4.69) is 37.5 Å². The summed E-state index contributed by atoms with van der Waals surface area (Å²) in [6.07, 6.45) is 6.42. The third kappa shape index (κ3) is 5.43. The first kappa shape index (κ1) is 23.8. The van der Waals surface area contributed by atoms with Gasteiger partial charge in [-0.1, -0.05) is 51.9 Å². The summed E-state index contributed by atoms with van der Waals surface area (Å²) in [6, 6.07) is 8.63. The van der Waals surface area contributed by atoms with Crippen molar-refractivity contribution < 1.29 is 13.9 Å². The molecule has 0 saturated carbocycles. The highest BCUT2D eigenvalue weighted by Crippen LogP contribution is 2.31. The number of pyridine rings is 1. The molecule has 1 aliphatic heterocycles. The molecule has 0 radical (unpaired) electrons. The Morgan fingerprint density at radius 3 is 2.79 bits per heavy atom. The average Bonchev–Trinajstić information content (AvgIpc) is 2.83. The molecule has 33 heavy (non-hydrogen) atoms. The molecule has 1 amide bonds. The van der Waals surface area contributed by atoms with Crippen molar-refractivity contribution in [1.29, 1.82) is 0 Å². The van der Waals surface area contributed by atoms with E-state index in [1.807, 2.05) is 30.0 Å². The number of alkyl halides is 1. The van der Waals surface area contributed by atoms with E-state index in [0.717, 1.165) is 22.8 Å². The lowest BCUT2D eigenvalue weighted by Crippen LogP contribution is -2.51. The van der Waals surface area contributed by atoms with Gasteiger partial charge in [-0.3, -0.25) is 4.79 Å². The first-order valence-electron chi connectivity index (χ1n) is 10.7. The zero-order valence-corrected chi connectivity index (χ0v) is 21.0. The summed E-state index contributed by atoms with van der Waals surface area (Å²) < 4.78 is 20.5. The second-order valence-corrected chi connectivity index (χ2v) is 9.31. The zero-order valence-electron chi connectivity index (χ0n) is 18.0. The highest BCUT2D eigenvalue weighted by molar-refractivity contribution is 14.1. The van der Waals surface area contributed by atoms with Crippen molar-refractivity contribution in [2.75, 3.05) is 17.6 Å². The molecule has 1 aliphatic rings. The number of carbonyl (C=O) groups is 1. The molecule has 9 heteroatoms. The Morgan fingerprint density at radius 1 is 1.27 bits per heavy atom. The standard InChI is InChI=1S/C24H23ClFIN4O2/c1-15-5-6-18(22-28-7-3-8-29-22)19(10-15)24(32)31-9-2-4-16(21(31)12-27)14-33-23-20(26)11-17(25)13-30-23/h3,5-8,10-11,13,16,21H,2,4,9,12,14H2,1H3. The van der Waals surface area contributed by atoms with Gasteiger partial charge in [0.1, 0.15) is 0 Å². The van der Waals surface area contributed by atoms with Crippen LogP contribution in [0.2, 0.25) is 5.02 Å². The van der Waals surface area contributed by atoms with Crippen LogP contribution >= 0.6 is 34.2 Å². The molecule has 3 aromatic rings. The fourth-order valence-electron chi connectivity index (χ4n) is 4.11. The number of ether oxygens (including phenoxy) is 1. The van der Waals surface area contributed by atoms with Gasteiger partial charge in [0.05, 0.1) is 17.2 Å². The van der Waals surface area contributed by atoms with Gasteiger partial charge >= 0.3 is 0 Å². The lowest BCUT2D eigenvalue weighted by molar-refractivity contribution is 0.0462. The van der Waals surface area contributed by atoms with Crippen molar-refractivity contribution in [2.45, 2.75) is 25.8 Å². The highest BCUT2D eigenvalue weighted by Gasteiger charge is 2.35. The number of aryl methyl sites for hydroxylation is 1. The first-order chi connectivity index (χ1) is 16.0. The van der Waals surface area contributed by atoms with E-state index in [1.165, 1.54) is 12.3 Å². The molecule has 0 aliphatic carbocycles. The lowest BCUT2D eigenvalue weighted by Gasteiger charge is -2.40. The van der Waals surface area contributed by atoms with Gasteiger partial charge in [0.15, 0.2) is 11.6 Å². The number of amides is 1. The number of halogens is 3. The third-order valence-corrected chi connectivity index (χ3v) is 6.87. The minimum absolute atomic E-state index is 0.0488. The fraction of sp³-hybridized carbons (Fsp3) is 0.333. The normalized spacial score (nSPS) is 18.2. The van der Waals surface area contributed by atoms with Crippen LogP contribution in [0.3, 0.4) is 0 Å². The second kappa shape index (κ2) is 10.7. The van der Waals surface area contributed by atoms with Crippen molar-refractivity contribution in [3.05, 3.63) is 70.9 Å². The van der Waals surface area contributed by atoms with E-state index in [-0.39, 0.29) is 35.4 Å². The van der Waals surface area contributed by atoms with Gasteiger partial charge in [-0.05, 0) is 38.0 Å². The van der Waals surface area contributed by atoms with Crippen LogP contribution in [0.4, 0.5) is 4.39 Å². The number of hydrogen-bond donors (Lipinski definition) is 0. The van der Waals surface area contributed by atoms with Crippen molar-refractivity contribution in [3.63, 3.8) is 0 Å². The fourth-order valence-corrected chi connectivity index (χ4v) is 5.45.